The van der Waals surface area contributed by atoms with Crippen molar-refractivity contribution in [3.8, 4) is 5.75 Å². The molecule has 0 aliphatic rings. The van der Waals surface area contributed by atoms with Crippen LogP contribution in [0.1, 0.15) is 42.3 Å². The molecule has 0 saturated heterocycles. The summed E-state index contributed by atoms with van der Waals surface area (Å²) >= 11 is 0. The third-order valence-corrected chi connectivity index (χ3v) is 3.18. The molecule has 0 aliphatic carbocycles. The first-order valence-electron chi connectivity index (χ1n) is 6.48. The van der Waals surface area contributed by atoms with Gasteiger partial charge in [-0.15, -0.1) is 0 Å². The van der Waals surface area contributed by atoms with Crippen LogP contribution in [-0.4, -0.2) is 39.7 Å². The number of hydrogen-bond acceptors (Lipinski definition) is 3. The van der Waals surface area contributed by atoms with Gasteiger partial charge in [-0.1, -0.05) is 6.07 Å². The molecule has 0 bridgehead atoms. The highest BCUT2D eigenvalue weighted by Gasteiger charge is 2.24. The second kappa shape index (κ2) is 5.61. The maximum Gasteiger partial charge on any atom is 0.257 e. The lowest BCUT2D eigenvalue weighted by atomic mass is 10.0. The summed E-state index contributed by atoms with van der Waals surface area (Å²) in [7, 11) is 0. The lowest BCUT2D eigenvalue weighted by Crippen LogP contribution is -2.42. The number of aliphatic hydroxyl groups is 1. The van der Waals surface area contributed by atoms with E-state index in [0.717, 1.165) is 5.56 Å². The third-order valence-electron chi connectivity index (χ3n) is 3.18. The van der Waals surface area contributed by atoms with Crippen LogP contribution in [0.5, 0.6) is 5.75 Å². The monoisotopic (exact) mass is 265 g/mol. The van der Waals surface area contributed by atoms with Crippen molar-refractivity contribution in [3.63, 3.8) is 0 Å². The maximum absolute atomic E-state index is 12.4. The zero-order valence-electron chi connectivity index (χ0n) is 12.3. The second-order valence-electron chi connectivity index (χ2n) is 5.54. The van der Waals surface area contributed by atoms with Crippen LogP contribution in [-0.2, 0) is 0 Å². The van der Waals surface area contributed by atoms with E-state index in [4.69, 9.17) is 0 Å². The standard InChI is InChI=1S/C15H23NO3/c1-6-16(9-15(4,5)19)14(18)12-8-7-10(2)11(3)13(12)17/h7-8,17,19H,6,9H2,1-5H3. The highest BCUT2D eigenvalue weighted by molar-refractivity contribution is 5.97. The van der Waals surface area contributed by atoms with Crippen LogP contribution in [0.3, 0.4) is 0 Å². The summed E-state index contributed by atoms with van der Waals surface area (Å²) in [5.41, 5.74) is 0.986. The van der Waals surface area contributed by atoms with Crippen molar-refractivity contribution in [1.29, 1.82) is 0 Å². The van der Waals surface area contributed by atoms with Gasteiger partial charge in [-0.3, -0.25) is 4.79 Å². The molecule has 1 rings (SSSR count). The van der Waals surface area contributed by atoms with Crippen LogP contribution in [0.4, 0.5) is 0 Å². The minimum Gasteiger partial charge on any atom is -0.507 e. The Balaban J connectivity index is 3.08. The molecule has 2 N–H and O–H groups in total. The van der Waals surface area contributed by atoms with Crippen LogP contribution in [0.2, 0.25) is 0 Å². The first kappa shape index (κ1) is 15.5. The summed E-state index contributed by atoms with van der Waals surface area (Å²) in [6.07, 6.45) is 0. The number of carbonyl (C=O) groups is 1. The van der Waals surface area contributed by atoms with Gasteiger partial charge >= 0.3 is 0 Å². The number of aryl methyl sites for hydroxylation is 1. The van der Waals surface area contributed by atoms with E-state index in [2.05, 4.69) is 0 Å². The predicted molar refractivity (Wildman–Crippen MR) is 75.5 cm³/mol. The predicted octanol–water partition coefficient (Wildman–Crippen LogP) is 2.24. The largest absolute Gasteiger partial charge is 0.507 e. The van der Waals surface area contributed by atoms with Crippen molar-refractivity contribution in [1.82, 2.24) is 4.90 Å². The van der Waals surface area contributed by atoms with Gasteiger partial charge in [0.15, 0.2) is 0 Å². The molecule has 0 atom stereocenters. The fourth-order valence-electron chi connectivity index (χ4n) is 1.94. The van der Waals surface area contributed by atoms with Gasteiger partial charge in [0, 0.05) is 13.1 Å². The van der Waals surface area contributed by atoms with E-state index in [1.165, 1.54) is 4.90 Å². The molecule has 0 aromatic heterocycles. The number of aromatic hydroxyl groups is 1. The minimum absolute atomic E-state index is 0.0270. The van der Waals surface area contributed by atoms with Crippen molar-refractivity contribution in [2.75, 3.05) is 13.1 Å². The topological polar surface area (TPSA) is 60.8 Å². The number of rotatable bonds is 4. The molecule has 0 saturated carbocycles. The van der Waals surface area contributed by atoms with E-state index in [1.54, 1.807) is 26.8 Å². The molecule has 1 amide bonds. The van der Waals surface area contributed by atoms with Crippen molar-refractivity contribution in [3.05, 3.63) is 28.8 Å². The van der Waals surface area contributed by atoms with E-state index >= 15 is 0 Å². The van der Waals surface area contributed by atoms with Crippen LogP contribution in [0, 0.1) is 13.8 Å². The van der Waals surface area contributed by atoms with Crippen LogP contribution in [0.15, 0.2) is 12.1 Å². The normalized spacial score (nSPS) is 11.5. The van der Waals surface area contributed by atoms with Gasteiger partial charge in [-0.25, -0.2) is 0 Å². The Morgan fingerprint density at radius 1 is 1.32 bits per heavy atom. The second-order valence-corrected chi connectivity index (χ2v) is 5.54. The first-order valence-corrected chi connectivity index (χ1v) is 6.48. The Morgan fingerprint density at radius 2 is 1.89 bits per heavy atom. The van der Waals surface area contributed by atoms with E-state index in [0.29, 0.717) is 12.1 Å². The molecule has 1 aromatic rings. The Hall–Kier alpha value is -1.55. The molecular formula is C15H23NO3. The highest BCUT2D eigenvalue weighted by atomic mass is 16.3. The van der Waals surface area contributed by atoms with Crippen LogP contribution >= 0.6 is 0 Å². The number of amides is 1. The van der Waals surface area contributed by atoms with Gasteiger partial charge in [-0.05, 0) is 51.8 Å². The number of carbonyl (C=O) groups excluding carboxylic acids is 1. The van der Waals surface area contributed by atoms with Crippen molar-refractivity contribution >= 4 is 5.91 Å². The summed E-state index contributed by atoms with van der Waals surface area (Å²) in [5.74, 6) is -0.232. The van der Waals surface area contributed by atoms with Gasteiger partial charge in [0.25, 0.3) is 5.91 Å². The van der Waals surface area contributed by atoms with Gasteiger partial charge in [0.05, 0.1) is 11.2 Å². The zero-order chi connectivity index (χ0) is 14.8. The summed E-state index contributed by atoms with van der Waals surface area (Å²) in [4.78, 5) is 13.9. The summed E-state index contributed by atoms with van der Waals surface area (Å²) in [6, 6.07) is 3.45. The number of phenolic OH excluding ortho intramolecular Hbond substituents is 1. The van der Waals surface area contributed by atoms with Gasteiger partial charge in [0.2, 0.25) is 0 Å². The Labute approximate surface area is 114 Å². The number of phenols is 1. The van der Waals surface area contributed by atoms with E-state index in [-0.39, 0.29) is 23.8 Å². The quantitative estimate of drug-likeness (QED) is 0.877. The summed E-state index contributed by atoms with van der Waals surface area (Å²) < 4.78 is 0. The molecule has 19 heavy (non-hydrogen) atoms. The fraction of sp³-hybridized carbons (Fsp3) is 0.533. The molecule has 4 nitrogen and oxygen atoms in total. The Kier molecular flexibility index (Phi) is 4.58. The number of benzene rings is 1. The molecular weight excluding hydrogens is 242 g/mol. The highest BCUT2D eigenvalue weighted by Crippen LogP contribution is 2.26. The molecule has 106 valence electrons. The van der Waals surface area contributed by atoms with Gasteiger partial charge in [0.1, 0.15) is 5.75 Å². The zero-order valence-corrected chi connectivity index (χ0v) is 12.3. The summed E-state index contributed by atoms with van der Waals surface area (Å²) in [6.45, 7) is 9.55. The lowest BCUT2D eigenvalue weighted by molar-refractivity contribution is 0.0313. The molecule has 0 heterocycles. The van der Waals surface area contributed by atoms with Gasteiger partial charge in [-0.2, -0.15) is 0 Å². The van der Waals surface area contributed by atoms with E-state index < -0.39 is 5.60 Å². The minimum atomic E-state index is -0.957. The smallest absolute Gasteiger partial charge is 0.257 e. The Morgan fingerprint density at radius 3 is 2.37 bits per heavy atom. The average molecular weight is 265 g/mol. The number of nitrogens with zero attached hydrogens (tertiary/aromatic N) is 1. The van der Waals surface area contributed by atoms with Gasteiger partial charge < -0.3 is 15.1 Å². The lowest BCUT2D eigenvalue weighted by Gasteiger charge is -2.28. The SMILES string of the molecule is CCN(CC(C)(C)O)C(=O)c1ccc(C)c(C)c1O. The Bertz CT molecular complexity index is 475. The molecule has 0 aliphatic heterocycles. The van der Waals surface area contributed by atoms with E-state index in [1.807, 2.05) is 19.9 Å². The molecule has 0 spiro atoms. The molecule has 0 radical (unpaired) electrons. The number of hydrogen-bond donors (Lipinski definition) is 2. The first-order chi connectivity index (χ1) is 8.67. The van der Waals surface area contributed by atoms with Crippen LogP contribution in [0.25, 0.3) is 0 Å². The van der Waals surface area contributed by atoms with Crippen LogP contribution < -0.4 is 0 Å². The maximum atomic E-state index is 12.4. The van der Waals surface area contributed by atoms with Crippen molar-refractivity contribution < 1.29 is 15.0 Å². The summed E-state index contributed by atoms with van der Waals surface area (Å²) in [5, 5.41) is 19.9. The third kappa shape index (κ3) is 3.70. The van der Waals surface area contributed by atoms with Crippen molar-refractivity contribution in [2.24, 2.45) is 0 Å². The fourth-order valence-corrected chi connectivity index (χ4v) is 1.94. The molecule has 1 aromatic carbocycles. The average Bonchev–Trinajstić information content (AvgIpc) is 2.31. The van der Waals surface area contributed by atoms with E-state index in [9.17, 15) is 15.0 Å². The molecule has 0 fully saturated rings. The molecule has 4 heteroatoms. The molecule has 0 unspecified atom stereocenters. The number of likely N-dealkylation sites (N-methyl/N-ethyl adjacent to an activating group) is 1. The van der Waals surface area contributed by atoms with Crippen molar-refractivity contribution in [2.45, 2.75) is 40.2 Å².